The van der Waals surface area contributed by atoms with E-state index in [0.29, 0.717) is 29.0 Å². The van der Waals surface area contributed by atoms with E-state index in [1.54, 1.807) is 42.5 Å². The van der Waals surface area contributed by atoms with Crippen molar-refractivity contribution in [3.8, 4) is 22.3 Å². The van der Waals surface area contributed by atoms with Crippen LogP contribution in [-0.2, 0) is 6.42 Å². The van der Waals surface area contributed by atoms with E-state index in [1.165, 1.54) is 57.8 Å². The number of halogens is 3. The van der Waals surface area contributed by atoms with Gasteiger partial charge in [-0.1, -0.05) is 120 Å². The van der Waals surface area contributed by atoms with E-state index >= 15 is 4.39 Å². The minimum absolute atomic E-state index is 0.216. The second-order valence-corrected chi connectivity index (χ2v) is 11.9. The summed E-state index contributed by atoms with van der Waals surface area (Å²) in [5, 5.41) is 0. The summed E-state index contributed by atoms with van der Waals surface area (Å²) in [6, 6.07) is 16.2. The van der Waals surface area contributed by atoms with Gasteiger partial charge in [0.05, 0.1) is 0 Å². The highest BCUT2D eigenvalue weighted by atomic mass is 19.2. The molecule has 1 saturated carbocycles. The lowest BCUT2D eigenvalue weighted by molar-refractivity contribution is 0.302. The summed E-state index contributed by atoms with van der Waals surface area (Å²) in [7, 11) is 0. The fourth-order valence-corrected chi connectivity index (χ4v) is 6.42. The Labute approximate surface area is 240 Å². The normalized spacial score (nSPS) is 17.3. The number of hydrogen-bond acceptors (Lipinski definition) is 0. The second-order valence-electron chi connectivity index (χ2n) is 11.9. The Morgan fingerprint density at radius 3 is 1.88 bits per heavy atom. The molecule has 3 aromatic carbocycles. The maximum absolute atomic E-state index is 15.2. The van der Waals surface area contributed by atoms with Crippen LogP contribution < -0.4 is 0 Å². The lowest BCUT2D eigenvalue weighted by atomic mass is 9.77. The standard InChI is InChI=1S/C37H47F3/c1-3-5-7-8-9-11-13-31-22-25-34(37(40)36(31)39)30-20-18-29(19-21-30)33-24-23-32(26-35(33)38)28-16-14-27(15-17-28)12-10-6-4-2/h18-28H,3-17H2,1-2H3. The maximum atomic E-state index is 15.2. The summed E-state index contributed by atoms with van der Waals surface area (Å²) < 4.78 is 45.1. The molecule has 216 valence electrons. The predicted octanol–water partition coefficient (Wildman–Crippen LogP) is 12.2. The summed E-state index contributed by atoms with van der Waals surface area (Å²) >= 11 is 0. The van der Waals surface area contributed by atoms with Crippen LogP contribution in [0.1, 0.15) is 121 Å². The van der Waals surface area contributed by atoms with Crippen molar-refractivity contribution in [2.75, 3.05) is 0 Å². The van der Waals surface area contributed by atoms with Crippen molar-refractivity contribution in [2.45, 2.75) is 116 Å². The van der Waals surface area contributed by atoms with Gasteiger partial charge in [-0.3, -0.25) is 0 Å². The van der Waals surface area contributed by atoms with E-state index in [1.807, 2.05) is 6.07 Å². The highest BCUT2D eigenvalue weighted by Gasteiger charge is 2.23. The molecule has 4 rings (SSSR count). The molecule has 0 aromatic heterocycles. The average molecular weight is 549 g/mol. The molecular formula is C37H47F3. The van der Waals surface area contributed by atoms with Gasteiger partial charge in [0.1, 0.15) is 5.82 Å². The van der Waals surface area contributed by atoms with Gasteiger partial charge in [-0.2, -0.15) is 0 Å². The van der Waals surface area contributed by atoms with Crippen LogP contribution in [0.4, 0.5) is 13.2 Å². The average Bonchev–Trinajstić information content (AvgIpc) is 2.98. The Morgan fingerprint density at radius 2 is 1.20 bits per heavy atom. The van der Waals surface area contributed by atoms with Crippen molar-refractivity contribution in [1.82, 2.24) is 0 Å². The number of benzene rings is 3. The molecule has 3 heteroatoms. The fourth-order valence-electron chi connectivity index (χ4n) is 6.42. The fraction of sp³-hybridized carbons (Fsp3) is 0.514. The molecule has 40 heavy (non-hydrogen) atoms. The quantitative estimate of drug-likeness (QED) is 0.176. The van der Waals surface area contributed by atoms with Gasteiger partial charge >= 0.3 is 0 Å². The van der Waals surface area contributed by atoms with Crippen LogP contribution in [0.25, 0.3) is 22.3 Å². The van der Waals surface area contributed by atoms with E-state index in [4.69, 9.17) is 0 Å². The Hall–Kier alpha value is -2.55. The topological polar surface area (TPSA) is 0 Å². The van der Waals surface area contributed by atoms with Crippen molar-refractivity contribution in [1.29, 1.82) is 0 Å². The zero-order valence-electron chi connectivity index (χ0n) is 24.6. The van der Waals surface area contributed by atoms with Crippen LogP contribution in [0.15, 0.2) is 54.6 Å². The van der Waals surface area contributed by atoms with Crippen molar-refractivity contribution in [2.24, 2.45) is 5.92 Å². The minimum Gasteiger partial charge on any atom is -0.206 e. The summed E-state index contributed by atoms with van der Waals surface area (Å²) in [4.78, 5) is 0. The zero-order chi connectivity index (χ0) is 28.3. The van der Waals surface area contributed by atoms with Gasteiger partial charge in [0, 0.05) is 11.1 Å². The van der Waals surface area contributed by atoms with E-state index in [0.717, 1.165) is 49.1 Å². The Bertz CT molecular complexity index is 1190. The van der Waals surface area contributed by atoms with Gasteiger partial charge in [0.2, 0.25) is 0 Å². The molecule has 0 aliphatic heterocycles. The number of hydrogen-bond donors (Lipinski definition) is 0. The van der Waals surface area contributed by atoms with Crippen molar-refractivity contribution < 1.29 is 13.2 Å². The Balaban J connectivity index is 1.37. The van der Waals surface area contributed by atoms with E-state index in [-0.39, 0.29) is 11.4 Å². The van der Waals surface area contributed by atoms with Gasteiger partial charge < -0.3 is 0 Å². The van der Waals surface area contributed by atoms with Gasteiger partial charge in [0.15, 0.2) is 11.6 Å². The molecule has 3 aromatic rings. The molecule has 1 aliphatic rings. The monoisotopic (exact) mass is 548 g/mol. The SMILES string of the molecule is CCCCCCCCc1ccc(-c2ccc(-c3ccc(C4CCC(CCCCC)CC4)cc3F)cc2)c(F)c1F. The first-order valence-corrected chi connectivity index (χ1v) is 15.9. The molecule has 0 unspecified atom stereocenters. The third-order valence-electron chi connectivity index (χ3n) is 9.00. The molecule has 1 fully saturated rings. The molecule has 0 heterocycles. The Morgan fingerprint density at radius 1 is 0.600 bits per heavy atom. The van der Waals surface area contributed by atoms with Gasteiger partial charge in [-0.05, 0) is 78.7 Å². The molecule has 0 nitrogen and oxygen atoms in total. The lowest BCUT2D eigenvalue weighted by Crippen LogP contribution is -2.13. The predicted molar refractivity (Wildman–Crippen MR) is 163 cm³/mol. The Kier molecular flexibility index (Phi) is 11.7. The summed E-state index contributed by atoms with van der Waals surface area (Å²) in [6.07, 6.45) is 17.3. The highest BCUT2D eigenvalue weighted by molar-refractivity contribution is 5.71. The van der Waals surface area contributed by atoms with Gasteiger partial charge in [-0.25, -0.2) is 13.2 Å². The number of rotatable bonds is 14. The van der Waals surface area contributed by atoms with Crippen molar-refractivity contribution in [3.05, 3.63) is 83.2 Å². The lowest BCUT2D eigenvalue weighted by Gasteiger charge is -2.29. The largest absolute Gasteiger partial charge is 0.206 e. The van der Waals surface area contributed by atoms with Crippen molar-refractivity contribution in [3.63, 3.8) is 0 Å². The van der Waals surface area contributed by atoms with E-state index in [2.05, 4.69) is 19.9 Å². The zero-order valence-corrected chi connectivity index (χ0v) is 24.6. The van der Waals surface area contributed by atoms with Crippen LogP contribution in [-0.4, -0.2) is 0 Å². The van der Waals surface area contributed by atoms with Crippen LogP contribution in [0.5, 0.6) is 0 Å². The first-order valence-electron chi connectivity index (χ1n) is 15.9. The molecule has 0 N–H and O–H groups in total. The smallest absolute Gasteiger partial charge is 0.166 e. The third kappa shape index (κ3) is 8.02. The molecular weight excluding hydrogens is 501 g/mol. The first-order chi connectivity index (χ1) is 19.5. The van der Waals surface area contributed by atoms with Crippen LogP contribution >= 0.6 is 0 Å². The van der Waals surface area contributed by atoms with Crippen LogP contribution in [0.3, 0.4) is 0 Å². The second kappa shape index (κ2) is 15.5. The summed E-state index contributed by atoms with van der Waals surface area (Å²) in [5.74, 6) is -0.485. The summed E-state index contributed by atoms with van der Waals surface area (Å²) in [5.41, 5.74) is 3.68. The van der Waals surface area contributed by atoms with E-state index < -0.39 is 11.6 Å². The van der Waals surface area contributed by atoms with Gasteiger partial charge in [-0.15, -0.1) is 0 Å². The maximum Gasteiger partial charge on any atom is 0.166 e. The molecule has 0 atom stereocenters. The number of unbranched alkanes of at least 4 members (excludes halogenated alkanes) is 7. The van der Waals surface area contributed by atoms with Crippen molar-refractivity contribution >= 4 is 0 Å². The summed E-state index contributed by atoms with van der Waals surface area (Å²) in [6.45, 7) is 4.43. The first kappa shape index (κ1) is 30.4. The molecule has 0 spiro atoms. The number of aryl methyl sites for hydroxylation is 1. The molecule has 1 aliphatic carbocycles. The van der Waals surface area contributed by atoms with Crippen LogP contribution in [0.2, 0.25) is 0 Å². The van der Waals surface area contributed by atoms with Gasteiger partial charge in [0.25, 0.3) is 0 Å². The molecule has 0 saturated heterocycles. The minimum atomic E-state index is -0.799. The molecule has 0 radical (unpaired) electrons. The third-order valence-corrected chi connectivity index (χ3v) is 9.00. The van der Waals surface area contributed by atoms with Crippen LogP contribution in [0, 0.1) is 23.4 Å². The molecule has 0 amide bonds. The van der Waals surface area contributed by atoms with E-state index in [9.17, 15) is 8.78 Å². The highest BCUT2D eigenvalue weighted by Crippen LogP contribution is 2.39. The molecule has 0 bridgehead atoms.